The van der Waals surface area contributed by atoms with Crippen LogP contribution in [0.4, 0.5) is 0 Å². The van der Waals surface area contributed by atoms with Crippen LogP contribution in [0.25, 0.3) is 0 Å². The van der Waals surface area contributed by atoms with E-state index in [0.717, 1.165) is 18.7 Å². The van der Waals surface area contributed by atoms with E-state index >= 15 is 0 Å². The van der Waals surface area contributed by atoms with E-state index in [0.29, 0.717) is 22.6 Å². The lowest BCUT2D eigenvalue weighted by Gasteiger charge is -2.20. The number of nitrogens with one attached hydrogen (secondary N) is 1. The smallest absolute Gasteiger partial charge is 0.179 e. The Balaban J connectivity index is 2.67. The van der Waals surface area contributed by atoms with Crippen LogP contribution in [0.15, 0.2) is 12.1 Å². The number of rotatable bonds is 7. The average molecular weight is 287 g/mol. The molecule has 0 aromatic heterocycles. The second kappa shape index (κ2) is 7.58. The first-order chi connectivity index (χ1) is 8.99. The Morgan fingerprint density at radius 3 is 2.47 bits per heavy atom. The average Bonchev–Trinajstić information content (AvgIpc) is 2.37. The zero-order valence-corrected chi connectivity index (χ0v) is 13.0. The van der Waals surface area contributed by atoms with Gasteiger partial charge in [0.2, 0.25) is 0 Å². The van der Waals surface area contributed by atoms with Gasteiger partial charge in [0, 0.05) is 19.1 Å². The predicted molar refractivity (Wildman–Crippen MR) is 79.4 cm³/mol. The number of halogens is 1. The molecule has 0 aliphatic heterocycles. The highest BCUT2D eigenvalue weighted by atomic mass is 35.5. The van der Waals surface area contributed by atoms with Gasteiger partial charge in [-0.2, -0.15) is 0 Å². The molecule has 0 heterocycles. The Morgan fingerprint density at radius 1 is 1.26 bits per heavy atom. The van der Waals surface area contributed by atoms with E-state index in [-0.39, 0.29) is 0 Å². The van der Waals surface area contributed by atoms with Crippen LogP contribution >= 0.6 is 11.6 Å². The molecule has 0 bridgehead atoms. The van der Waals surface area contributed by atoms with Gasteiger partial charge in [-0.1, -0.05) is 11.6 Å². The Bertz CT molecular complexity index is 411. The molecular weight excluding hydrogens is 264 g/mol. The molecule has 1 aromatic carbocycles. The molecule has 19 heavy (non-hydrogen) atoms. The lowest BCUT2D eigenvalue weighted by Crippen LogP contribution is -2.35. The molecule has 1 N–H and O–H groups in total. The van der Waals surface area contributed by atoms with Crippen molar-refractivity contribution < 1.29 is 9.47 Å². The van der Waals surface area contributed by atoms with E-state index in [1.54, 1.807) is 14.2 Å². The maximum atomic E-state index is 6.16. The monoisotopic (exact) mass is 286 g/mol. The third-order valence-electron chi connectivity index (χ3n) is 3.14. The van der Waals surface area contributed by atoms with Gasteiger partial charge >= 0.3 is 0 Å². The highest BCUT2D eigenvalue weighted by Crippen LogP contribution is 2.35. The summed E-state index contributed by atoms with van der Waals surface area (Å²) in [6, 6.07) is 4.32. The maximum Gasteiger partial charge on any atom is 0.179 e. The van der Waals surface area contributed by atoms with Gasteiger partial charge in [-0.05, 0) is 38.7 Å². The van der Waals surface area contributed by atoms with Crippen LogP contribution < -0.4 is 14.8 Å². The Kier molecular flexibility index (Phi) is 6.42. The van der Waals surface area contributed by atoms with Crippen LogP contribution in [0.3, 0.4) is 0 Å². The van der Waals surface area contributed by atoms with Crippen molar-refractivity contribution in [3.63, 3.8) is 0 Å². The SMILES string of the molecule is COc1cc(CNCC(C)N(C)C)cc(Cl)c1OC. The van der Waals surface area contributed by atoms with E-state index < -0.39 is 0 Å². The zero-order valence-electron chi connectivity index (χ0n) is 12.3. The van der Waals surface area contributed by atoms with Crippen LogP contribution in [0.2, 0.25) is 5.02 Å². The summed E-state index contributed by atoms with van der Waals surface area (Å²) in [6.45, 7) is 3.84. The van der Waals surface area contributed by atoms with E-state index in [4.69, 9.17) is 21.1 Å². The van der Waals surface area contributed by atoms with Crippen molar-refractivity contribution in [1.82, 2.24) is 10.2 Å². The van der Waals surface area contributed by atoms with Gasteiger partial charge in [0.25, 0.3) is 0 Å². The normalized spacial score (nSPS) is 12.6. The van der Waals surface area contributed by atoms with Crippen LogP contribution in [0.1, 0.15) is 12.5 Å². The highest BCUT2D eigenvalue weighted by Gasteiger charge is 2.11. The van der Waals surface area contributed by atoms with Crippen LogP contribution in [-0.2, 0) is 6.54 Å². The number of methoxy groups -OCH3 is 2. The third-order valence-corrected chi connectivity index (χ3v) is 3.42. The van der Waals surface area contributed by atoms with Gasteiger partial charge < -0.3 is 19.7 Å². The predicted octanol–water partition coefficient (Wildman–Crippen LogP) is 2.40. The molecule has 1 aromatic rings. The van der Waals surface area contributed by atoms with Gasteiger partial charge in [-0.15, -0.1) is 0 Å². The fourth-order valence-corrected chi connectivity index (χ4v) is 1.99. The molecule has 0 aliphatic carbocycles. The van der Waals surface area contributed by atoms with Crippen molar-refractivity contribution in [1.29, 1.82) is 0 Å². The summed E-state index contributed by atoms with van der Waals surface area (Å²) >= 11 is 6.16. The van der Waals surface area contributed by atoms with E-state index in [9.17, 15) is 0 Å². The molecule has 1 atom stereocenters. The van der Waals surface area contributed by atoms with Crippen LogP contribution in [0.5, 0.6) is 11.5 Å². The van der Waals surface area contributed by atoms with Crippen molar-refractivity contribution in [2.45, 2.75) is 19.5 Å². The van der Waals surface area contributed by atoms with Crippen molar-refractivity contribution in [2.24, 2.45) is 0 Å². The summed E-state index contributed by atoms with van der Waals surface area (Å²) in [5.74, 6) is 1.24. The lowest BCUT2D eigenvalue weighted by atomic mass is 10.2. The molecule has 4 nitrogen and oxygen atoms in total. The molecule has 0 amide bonds. The molecule has 0 spiro atoms. The van der Waals surface area contributed by atoms with Gasteiger partial charge in [0.15, 0.2) is 11.5 Å². The molecule has 0 fully saturated rings. The molecule has 0 saturated heterocycles. The largest absolute Gasteiger partial charge is 0.493 e. The number of hydrogen-bond donors (Lipinski definition) is 1. The van der Waals surface area contributed by atoms with Crippen LogP contribution in [-0.4, -0.2) is 45.8 Å². The standard InChI is InChI=1S/C14H23ClN2O2/c1-10(17(2)3)8-16-9-11-6-12(15)14(19-5)13(7-11)18-4/h6-7,10,16H,8-9H2,1-5H3. The number of hydrogen-bond acceptors (Lipinski definition) is 4. The van der Waals surface area contributed by atoms with E-state index in [2.05, 4.69) is 31.2 Å². The molecule has 5 heteroatoms. The van der Waals surface area contributed by atoms with Crippen molar-refractivity contribution in [3.05, 3.63) is 22.7 Å². The molecule has 0 radical (unpaired) electrons. The van der Waals surface area contributed by atoms with Gasteiger partial charge in [0.05, 0.1) is 19.2 Å². The minimum absolute atomic E-state index is 0.482. The first-order valence-corrected chi connectivity index (χ1v) is 6.65. The quantitative estimate of drug-likeness (QED) is 0.835. The summed E-state index contributed by atoms with van der Waals surface area (Å²) in [6.07, 6.45) is 0. The molecule has 1 unspecified atom stereocenters. The van der Waals surface area contributed by atoms with Crippen molar-refractivity contribution in [2.75, 3.05) is 34.9 Å². The highest BCUT2D eigenvalue weighted by molar-refractivity contribution is 6.32. The number of ether oxygens (including phenoxy) is 2. The molecule has 1 rings (SSSR count). The second-order valence-electron chi connectivity index (χ2n) is 4.76. The number of likely N-dealkylation sites (N-methyl/N-ethyl adjacent to an activating group) is 1. The summed E-state index contributed by atoms with van der Waals surface area (Å²) in [5.41, 5.74) is 1.08. The van der Waals surface area contributed by atoms with E-state index in [1.807, 2.05) is 12.1 Å². The lowest BCUT2D eigenvalue weighted by molar-refractivity contribution is 0.302. The Morgan fingerprint density at radius 2 is 1.95 bits per heavy atom. The van der Waals surface area contributed by atoms with Crippen molar-refractivity contribution >= 4 is 11.6 Å². The maximum absolute atomic E-state index is 6.16. The third kappa shape index (κ3) is 4.56. The fourth-order valence-electron chi connectivity index (χ4n) is 1.68. The minimum atomic E-state index is 0.482. The summed E-state index contributed by atoms with van der Waals surface area (Å²) in [5, 5.41) is 3.97. The van der Waals surface area contributed by atoms with Gasteiger partial charge in [-0.3, -0.25) is 0 Å². The molecular formula is C14H23ClN2O2. The molecule has 108 valence electrons. The molecule has 0 aliphatic rings. The first kappa shape index (κ1) is 16.1. The summed E-state index contributed by atoms with van der Waals surface area (Å²) in [7, 11) is 7.33. The topological polar surface area (TPSA) is 33.7 Å². The first-order valence-electron chi connectivity index (χ1n) is 6.27. The minimum Gasteiger partial charge on any atom is -0.493 e. The fraction of sp³-hybridized carbons (Fsp3) is 0.571. The van der Waals surface area contributed by atoms with Crippen molar-refractivity contribution in [3.8, 4) is 11.5 Å². The van der Waals surface area contributed by atoms with E-state index in [1.165, 1.54) is 0 Å². The zero-order chi connectivity index (χ0) is 14.4. The number of nitrogens with zero attached hydrogens (tertiary/aromatic N) is 1. The summed E-state index contributed by atoms with van der Waals surface area (Å²) in [4.78, 5) is 2.18. The Labute approximate surface area is 120 Å². The van der Waals surface area contributed by atoms with Crippen LogP contribution in [0, 0.1) is 0 Å². The molecule has 0 saturated carbocycles. The second-order valence-corrected chi connectivity index (χ2v) is 5.16. The number of benzene rings is 1. The Hall–Kier alpha value is -0.970. The van der Waals surface area contributed by atoms with Gasteiger partial charge in [0.1, 0.15) is 0 Å². The van der Waals surface area contributed by atoms with Gasteiger partial charge in [-0.25, -0.2) is 0 Å². The summed E-state index contributed by atoms with van der Waals surface area (Å²) < 4.78 is 10.5.